The van der Waals surface area contributed by atoms with Crippen LogP contribution in [0.25, 0.3) is 0 Å². The molecular weight excluding hydrogens is 351 g/mol. The highest BCUT2D eigenvalue weighted by Crippen LogP contribution is 2.27. The largest absolute Gasteiger partial charge is 0.491 e. The van der Waals surface area contributed by atoms with Gasteiger partial charge in [0.1, 0.15) is 11.9 Å². The van der Waals surface area contributed by atoms with E-state index in [2.05, 4.69) is 22.6 Å². The van der Waals surface area contributed by atoms with Crippen LogP contribution in [0, 0.1) is 3.57 Å². The van der Waals surface area contributed by atoms with Gasteiger partial charge >= 0.3 is 0 Å². The molecule has 0 saturated heterocycles. The number of aliphatic hydroxyl groups excluding tert-OH is 1. The van der Waals surface area contributed by atoms with E-state index in [1.54, 1.807) is 0 Å². The van der Waals surface area contributed by atoms with Crippen LogP contribution in [-0.4, -0.2) is 11.2 Å². The maximum atomic E-state index is 10.4. The number of ether oxygens (including phenoxy) is 1. The van der Waals surface area contributed by atoms with Gasteiger partial charge in [0.25, 0.3) is 0 Å². The number of halogens is 1. The fraction of sp³-hybridized carbons (Fsp3) is 0.250. The molecule has 1 atom stereocenters. The van der Waals surface area contributed by atoms with Crippen molar-refractivity contribution < 1.29 is 9.84 Å². The van der Waals surface area contributed by atoms with Crippen LogP contribution in [0.1, 0.15) is 31.1 Å². The zero-order valence-corrected chi connectivity index (χ0v) is 13.2. The van der Waals surface area contributed by atoms with Gasteiger partial charge in [0.15, 0.2) is 0 Å². The van der Waals surface area contributed by atoms with E-state index in [4.69, 9.17) is 4.74 Å². The zero-order valence-electron chi connectivity index (χ0n) is 11.0. The lowest BCUT2D eigenvalue weighted by Gasteiger charge is -2.15. The van der Waals surface area contributed by atoms with Gasteiger partial charge in [-0.05, 0) is 65.8 Å². The summed E-state index contributed by atoms with van der Waals surface area (Å²) in [6.07, 6.45) is -0.438. The number of hydrogen-bond acceptors (Lipinski definition) is 2. The van der Waals surface area contributed by atoms with Crippen LogP contribution in [0.3, 0.4) is 0 Å². The molecule has 0 spiro atoms. The quantitative estimate of drug-likeness (QED) is 0.822. The van der Waals surface area contributed by atoms with Crippen LogP contribution in [0.4, 0.5) is 0 Å². The molecule has 0 amide bonds. The van der Waals surface area contributed by atoms with Crippen LogP contribution in [0.5, 0.6) is 5.75 Å². The molecule has 100 valence electrons. The van der Waals surface area contributed by atoms with Crippen molar-refractivity contribution in [3.05, 3.63) is 63.2 Å². The van der Waals surface area contributed by atoms with Gasteiger partial charge in [0.2, 0.25) is 0 Å². The third-order valence-electron chi connectivity index (χ3n) is 2.77. The van der Waals surface area contributed by atoms with E-state index in [0.29, 0.717) is 0 Å². The van der Waals surface area contributed by atoms with Gasteiger partial charge in [0.05, 0.1) is 6.10 Å². The predicted octanol–water partition coefficient (Wildman–Crippen LogP) is 4.16. The van der Waals surface area contributed by atoms with Crippen molar-refractivity contribution >= 4 is 22.6 Å². The lowest BCUT2D eigenvalue weighted by Crippen LogP contribution is -2.06. The van der Waals surface area contributed by atoms with E-state index < -0.39 is 6.10 Å². The summed E-state index contributed by atoms with van der Waals surface area (Å²) in [6.45, 7) is 3.99. The van der Waals surface area contributed by atoms with Gasteiger partial charge < -0.3 is 9.84 Å². The van der Waals surface area contributed by atoms with Gasteiger partial charge in [-0.3, -0.25) is 0 Å². The second-order valence-corrected chi connectivity index (χ2v) is 5.82. The third kappa shape index (κ3) is 3.70. The molecule has 0 heterocycles. The molecule has 2 rings (SSSR count). The van der Waals surface area contributed by atoms with E-state index in [9.17, 15) is 5.11 Å². The van der Waals surface area contributed by atoms with Gasteiger partial charge in [-0.1, -0.05) is 30.3 Å². The second-order valence-electron chi connectivity index (χ2n) is 4.66. The Kier molecular flexibility index (Phi) is 4.82. The molecule has 0 fully saturated rings. The summed E-state index contributed by atoms with van der Waals surface area (Å²) < 4.78 is 6.66. The Labute approximate surface area is 127 Å². The van der Waals surface area contributed by atoms with Gasteiger partial charge in [-0.15, -0.1) is 0 Å². The van der Waals surface area contributed by atoms with E-state index >= 15 is 0 Å². The lowest BCUT2D eigenvalue weighted by molar-refractivity contribution is 0.218. The van der Waals surface area contributed by atoms with Crippen LogP contribution >= 0.6 is 22.6 Å². The normalized spacial score (nSPS) is 12.5. The van der Waals surface area contributed by atoms with Crippen molar-refractivity contribution in [3.63, 3.8) is 0 Å². The molecule has 0 aromatic heterocycles. The fourth-order valence-electron chi connectivity index (χ4n) is 1.88. The first-order chi connectivity index (χ1) is 9.08. The molecule has 2 aromatic carbocycles. The summed E-state index contributed by atoms with van der Waals surface area (Å²) >= 11 is 2.24. The van der Waals surface area contributed by atoms with Gasteiger partial charge in [-0.2, -0.15) is 0 Å². The molecule has 1 unspecified atom stereocenters. The van der Waals surface area contributed by atoms with E-state index in [1.807, 2.05) is 62.4 Å². The molecular formula is C16H17IO2. The first-order valence-corrected chi connectivity index (χ1v) is 7.35. The third-order valence-corrected chi connectivity index (χ3v) is 3.75. The molecule has 0 radical (unpaired) electrons. The minimum absolute atomic E-state index is 0.158. The van der Waals surface area contributed by atoms with Crippen LogP contribution < -0.4 is 4.74 Å². The van der Waals surface area contributed by atoms with Gasteiger partial charge in [0, 0.05) is 3.57 Å². The Balaban J connectivity index is 2.20. The van der Waals surface area contributed by atoms with E-state index in [1.165, 1.54) is 0 Å². The standard InChI is InChI=1S/C16H17IO2/c1-11(2)19-13-9-7-12(8-10-13)16(18)14-5-3-4-6-15(14)17/h3-11,16,18H,1-2H3. The Hall–Kier alpha value is -1.07. The minimum Gasteiger partial charge on any atom is -0.491 e. The van der Waals surface area contributed by atoms with Crippen molar-refractivity contribution in [3.8, 4) is 5.75 Å². The summed E-state index contributed by atoms with van der Waals surface area (Å²) in [5.74, 6) is 0.828. The minimum atomic E-state index is -0.596. The highest BCUT2D eigenvalue weighted by molar-refractivity contribution is 14.1. The molecule has 3 heteroatoms. The maximum Gasteiger partial charge on any atom is 0.119 e. The summed E-state index contributed by atoms with van der Waals surface area (Å²) in [6, 6.07) is 15.5. The topological polar surface area (TPSA) is 29.5 Å². The molecule has 0 bridgehead atoms. The van der Waals surface area contributed by atoms with Crippen molar-refractivity contribution in [2.24, 2.45) is 0 Å². The van der Waals surface area contributed by atoms with Crippen molar-refractivity contribution in [1.29, 1.82) is 0 Å². The first-order valence-electron chi connectivity index (χ1n) is 6.27. The molecule has 2 nitrogen and oxygen atoms in total. The van der Waals surface area contributed by atoms with Gasteiger partial charge in [-0.25, -0.2) is 0 Å². The summed E-state index contributed by atoms with van der Waals surface area (Å²) in [5.41, 5.74) is 1.81. The number of rotatable bonds is 4. The highest BCUT2D eigenvalue weighted by Gasteiger charge is 2.13. The number of benzene rings is 2. The van der Waals surface area contributed by atoms with Crippen LogP contribution in [-0.2, 0) is 0 Å². The molecule has 0 aliphatic heterocycles. The number of hydrogen-bond donors (Lipinski definition) is 1. The summed E-state index contributed by atoms with van der Waals surface area (Å²) in [7, 11) is 0. The van der Waals surface area contributed by atoms with Crippen LogP contribution in [0.15, 0.2) is 48.5 Å². The average molecular weight is 368 g/mol. The second kappa shape index (κ2) is 6.39. The zero-order chi connectivity index (χ0) is 13.8. The average Bonchev–Trinajstić information content (AvgIpc) is 2.39. The highest BCUT2D eigenvalue weighted by atomic mass is 127. The van der Waals surface area contributed by atoms with Crippen molar-refractivity contribution in [2.45, 2.75) is 26.1 Å². The Morgan fingerprint density at radius 3 is 2.21 bits per heavy atom. The summed E-state index contributed by atoms with van der Waals surface area (Å²) in [4.78, 5) is 0. The van der Waals surface area contributed by atoms with E-state index in [0.717, 1.165) is 20.4 Å². The number of aliphatic hydroxyl groups is 1. The van der Waals surface area contributed by atoms with E-state index in [-0.39, 0.29) is 6.10 Å². The Morgan fingerprint density at radius 1 is 1.00 bits per heavy atom. The van der Waals surface area contributed by atoms with Crippen molar-refractivity contribution in [1.82, 2.24) is 0 Å². The van der Waals surface area contributed by atoms with Crippen LogP contribution in [0.2, 0.25) is 0 Å². The van der Waals surface area contributed by atoms with Crippen molar-refractivity contribution in [2.75, 3.05) is 0 Å². The molecule has 0 saturated carbocycles. The monoisotopic (exact) mass is 368 g/mol. The maximum absolute atomic E-state index is 10.4. The summed E-state index contributed by atoms with van der Waals surface area (Å²) in [5, 5.41) is 10.4. The smallest absolute Gasteiger partial charge is 0.119 e. The fourth-order valence-corrected chi connectivity index (χ4v) is 2.56. The Morgan fingerprint density at radius 2 is 1.63 bits per heavy atom. The molecule has 0 aliphatic carbocycles. The molecule has 1 N–H and O–H groups in total. The molecule has 2 aromatic rings. The predicted molar refractivity (Wildman–Crippen MR) is 85.4 cm³/mol. The SMILES string of the molecule is CC(C)Oc1ccc(C(O)c2ccccc2I)cc1. The molecule has 0 aliphatic rings. The lowest BCUT2D eigenvalue weighted by atomic mass is 10.0. The molecule has 19 heavy (non-hydrogen) atoms. The first kappa shape index (κ1) is 14.3. The Bertz CT molecular complexity index is 535.